The van der Waals surface area contributed by atoms with Gasteiger partial charge in [0.1, 0.15) is 11.1 Å². The second-order valence-electron chi connectivity index (χ2n) is 5.69. The molecule has 0 saturated heterocycles. The van der Waals surface area contributed by atoms with Crippen LogP contribution in [-0.2, 0) is 0 Å². The molecule has 0 atom stereocenters. The Kier molecular flexibility index (Phi) is 4.48. The number of hydrogen-bond acceptors (Lipinski definition) is 4. The Morgan fingerprint density at radius 2 is 1.81 bits per heavy atom. The van der Waals surface area contributed by atoms with E-state index in [9.17, 15) is 9.59 Å². The number of para-hydroxylation sites is 1. The first-order chi connectivity index (χ1) is 13.0. The fourth-order valence-corrected chi connectivity index (χ4v) is 3.16. The predicted molar refractivity (Wildman–Crippen MR) is 105 cm³/mol. The Morgan fingerprint density at radius 1 is 1.00 bits per heavy atom. The van der Waals surface area contributed by atoms with Crippen LogP contribution < -0.4 is 10.7 Å². The van der Waals surface area contributed by atoms with Crippen LogP contribution in [0.1, 0.15) is 10.4 Å². The summed E-state index contributed by atoms with van der Waals surface area (Å²) in [5, 5.41) is 3.60. The molecule has 0 aliphatic rings. The van der Waals surface area contributed by atoms with E-state index < -0.39 is 11.3 Å². The molecule has 4 rings (SSSR count). The van der Waals surface area contributed by atoms with E-state index >= 15 is 0 Å². The van der Waals surface area contributed by atoms with Gasteiger partial charge < -0.3 is 14.2 Å². The van der Waals surface area contributed by atoms with E-state index in [1.807, 2.05) is 0 Å². The van der Waals surface area contributed by atoms with Crippen LogP contribution in [0.5, 0.6) is 0 Å². The van der Waals surface area contributed by atoms with Crippen LogP contribution in [0.2, 0.25) is 10.0 Å². The number of halogens is 2. The monoisotopic (exact) mass is 399 g/mol. The molecule has 1 N–H and O–H groups in total. The SMILES string of the molecule is O=C(Nc1ccc(Cl)cc1Cl)c1c(-c2ccco2)oc2ccccc2c1=O. The van der Waals surface area contributed by atoms with Crippen LogP contribution in [-0.4, -0.2) is 5.91 Å². The fraction of sp³-hybridized carbons (Fsp3) is 0. The highest BCUT2D eigenvalue weighted by Gasteiger charge is 2.24. The quantitative estimate of drug-likeness (QED) is 0.485. The van der Waals surface area contributed by atoms with Crippen LogP contribution in [0.3, 0.4) is 0 Å². The van der Waals surface area contributed by atoms with E-state index in [4.69, 9.17) is 32.0 Å². The molecule has 0 unspecified atom stereocenters. The zero-order chi connectivity index (χ0) is 19.0. The maximum absolute atomic E-state index is 13.0. The third kappa shape index (κ3) is 3.23. The third-order valence-corrected chi connectivity index (χ3v) is 4.50. The molecule has 0 saturated carbocycles. The molecular weight excluding hydrogens is 389 g/mol. The van der Waals surface area contributed by atoms with Gasteiger partial charge in [0, 0.05) is 5.02 Å². The van der Waals surface area contributed by atoms with Gasteiger partial charge in [-0.25, -0.2) is 0 Å². The molecule has 2 heterocycles. The summed E-state index contributed by atoms with van der Waals surface area (Å²) in [6.07, 6.45) is 1.43. The molecule has 0 bridgehead atoms. The zero-order valence-electron chi connectivity index (χ0n) is 13.7. The Bertz CT molecular complexity index is 1210. The van der Waals surface area contributed by atoms with Gasteiger partial charge >= 0.3 is 0 Å². The lowest BCUT2D eigenvalue weighted by atomic mass is 10.1. The summed E-state index contributed by atoms with van der Waals surface area (Å²) in [5.74, 6) is -0.346. The number of rotatable bonds is 3. The van der Waals surface area contributed by atoms with Gasteiger partial charge in [-0.15, -0.1) is 0 Å². The second-order valence-corrected chi connectivity index (χ2v) is 6.53. The Balaban J connectivity index is 1.89. The Labute approximate surface area is 163 Å². The number of amides is 1. The van der Waals surface area contributed by atoms with Crippen LogP contribution >= 0.6 is 23.2 Å². The van der Waals surface area contributed by atoms with Gasteiger partial charge in [-0.05, 0) is 42.5 Å². The average Bonchev–Trinajstić information content (AvgIpc) is 3.18. The molecular formula is C20H11Cl2NO4. The minimum absolute atomic E-state index is 0.0475. The summed E-state index contributed by atoms with van der Waals surface area (Å²) in [4.78, 5) is 25.9. The van der Waals surface area contributed by atoms with E-state index in [-0.39, 0.29) is 22.1 Å². The lowest BCUT2D eigenvalue weighted by Crippen LogP contribution is -2.23. The minimum Gasteiger partial charge on any atom is -0.461 e. The number of carbonyl (C=O) groups is 1. The van der Waals surface area contributed by atoms with Crippen molar-refractivity contribution in [2.24, 2.45) is 0 Å². The van der Waals surface area contributed by atoms with E-state index in [1.165, 1.54) is 12.3 Å². The number of fused-ring (bicyclic) bond motifs is 1. The molecule has 0 aliphatic carbocycles. The van der Waals surface area contributed by atoms with Crippen molar-refractivity contribution in [1.82, 2.24) is 0 Å². The highest BCUT2D eigenvalue weighted by atomic mass is 35.5. The molecule has 0 radical (unpaired) electrons. The van der Waals surface area contributed by atoms with Gasteiger partial charge in [0.2, 0.25) is 5.43 Å². The molecule has 27 heavy (non-hydrogen) atoms. The first-order valence-corrected chi connectivity index (χ1v) is 8.66. The highest BCUT2D eigenvalue weighted by Crippen LogP contribution is 2.29. The topological polar surface area (TPSA) is 72.5 Å². The lowest BCUT2D eigenvalue weighted by molar-refractivity contribution is 0.102. The summed E-state index contributed by atoms with van der Waals surface area (Å²) in [5.41, 5.74) is 0.0412. The summed E-state index contributed by atoms with van der Waals surface area (Å²) in [7, 11) is 0. The smallest absolute Gasteiger partial charge is 0.263 e. The van der Waals surface area contributed by atoms with Crippen LogP contribution in [0.15, 0.2) is 74.5 Å². The minimum atomic E-state index is -0.662. The van der Waals surface area contributed by atoms with Crippen molar-refractivity contribution in [3.8, 4) is 11.5 Å². The third-order valence-electron chi connectivity index (χ3n) is 3.95. The van der Waals surface area contributed by atoms with Crippen molar-refractivity contribution in [3.05, 3.63) is 86.7 Å². The van der Waals surface area contributed by atoms with Crippen LogP contribution in [0.25, 0.3) is 22.5 Å². The van der Waals surface area contributed by atoms with Crippen LogP contribution in [0, 0.1) is 0 Å². The summed E-state index contributed by atoms with van der Waals surface area (Å²) in [6, 6.07) is 14.6. The Morgan fingerprint density at radius 3 is 2.56 bits per heavy atom. The number of nitrogens with one attached hydrogen (secondary N) is 1. The Hall–Kier alpha value is -3.02. The van der Waals surface area contributed by atoms with E-state index in [1.54, 1.807) is 48.5 Å². The first kappa shape index (κ1) is 17.4. The molecule has 2 aromatic carbocycles. The van der Waals surface area contributed by atoms with E-state index in [0.717, 1.165) is 0 Å². The largest absolute Gasteiger partial charge is 0.461 e. The highest BCUT2D eigenvalue weighted by molar-refractivity contribution is 6.36. The zero-order valence-corrected chi connectivity index (χ0v) is 15.2. The molecule has 2 aromatic heterocycles. The molecule has 1 amide bonds. The number of furan rings is 1. The normalized spacial score (nSPS) is 10.9. The van der Waals surface area contributed by atoms with Gasteiger partial charge in [-0.1, -0.05) is 35.3 Å². The van der Waals surface area contributed by atoms with Crippen molar-refractivity contribution in [2.45, 2.75) is 0 Å². The van der Waals surface area contributed by atoms with Crippen molar-refractivity contribution >= 4 is 45.8 Å². The maximum Gasteiger partial charge on any atom is 0.263 e. The van der Waals surface area contributed by atoms with Gasteiger partial charge in [0.15, 0.2) is 11.5 Å². The lowest BCUT2D eigenvalue weighted by Gasteiger charge is -2.10. The molecule has 0 spiro atoms. The first-order valence-electron chi connectivity index (χ1n) is 7.91. The second kappa shape index (κ2) is 6.95. The summed E-state index contributed by atoms with van der Waals surface area (Å²) in [6.45, 7) is 0. The average molecular weight is 400 g/mol. The van der Waals surface area contributed by atoms with Gasteiger partial charge in [0.25, 0.3) is 5.91 Å². The molecule has 0 aliphatic heterocycles. The maximum atomic E-state index is 13.0. The van der Waals surface area contributed by atoms with Crippen molar-refractivity contribution in [3.63, 3.8) is 0 Å². The number of carbonyl (C=O) groups excluding carboxylic acids is 1. The molecule has 134 valence electrons. The fourth-order valence-electron chi connectivity index (χ4n) is 2.71. The molecule has 4 aromatic rings. The predicted octanol–water partition coefficient (Wildman–Crippen LogP) is 5.61. The number of hydrogen-bond donors (Lipinski definition) is 1. The summed E-state index contributed by atoms with van der Waals surface area (Å²) >= 11 is 12.0. The van der Waals surface area contributed by atoms with Crippen molar-refractivity contribution in [1.29, 1.82) is 0 Å². The standard InChI is InChI=1S/C20H11Cl2NO4/c21-11-7-8-14(13(22)10-11)23-20(25)17-18(24)12-4-1-2-5-15(12)27-19(17)16-6-3-9-26-16/h1-10H,(H,23,25). The molecule has 5 nitrogen and oxygen atoms in total. The van der Waals surface area contributed by atoms with Gasteiger partial charge in [0.05, 0.1) is 22.4 Å². The van der Waals surface area contributed by atoms with Crippen molar-refractivity contribution in [2.75, 3.05) is 5.32 Å². The number of anilines is 1. The summed E-state index contributed by atoms with van der Waals surface area (Å²) < 4.78 is 11.2. The van der Waals surface area contributed by atoms with E-state index in [2.05, 4.69) is 5.32 Å². The molecule has 0 fully saturated rings. The van der Waals surface area contributed by atoms with E-state index in [0.29, 0.717) is 21.7 Å². The van der Waals surface area contributed by atoms with Crippen molar-refractivity contribution < 1.29 is 13.6 Å². The molecule has 7 heteroatoms. The van der Waals surface area contributed by atoms with Gasteiger partial charge in [-0.3, -0.25) is 9.59 Å². The van der Waals surface area contributed by atoms with Crippen LogP contribution in [0.4, 0.5) is 5.69 Å². The van der Waals surface area contributed by atoms with Gasteiger partial charge in [-0.2, -0.15) is 0 Å². The number of benzene rings is 2.